The first-order valence-electron chi connectivity index (χ1n) is 12.6. The van der Waals surface area contributed by atoms with E-state index < -0.39 is 76.3 Å². The van der Waals surface area contributed by atoms with E-state index in [2.05, 4.69) is 0 Å². The molecule has 0 aromatic heterocycles. The second-order valence-electron chi connectivity index (χ2n) is 9.69. The summed E-state index contributed by atoms with van der Waals surface area (Å²) in [5.41, 5.74) is 0.246. The lowest BCUT2D eigenvalue weighted by atomic mass is 10.1. The average molecular weight is 656 g/mol. The van der Waals surface area contributed by atoms with Gasteiger partial charge < -0.3 is 14.2 Å². The minimum atomic E-state index is -5.93. The van der Waals surface area contributed by atoms with Crippen LogP contribution in [-0.4, -0.2) is 56.1 Å². The van der Waals surface area contributed by atoms with E-state index in [0.29, 0.717) is 0 Å². The molecule has 0 saturated carbocycles. The van der Waals surface area contributed by atoms with E-state index in [1.165, 1.54) is 31.2 Å². The van der Waals surface area contributed by atoms with Crippen LogP contribution in [0.2, 0.25) is 0 Å². The highest BCUT2D eigenvalue weighted by atomic mass is 32.2. The summed E-state index contributed by atoms with van der Waals surface area (Å²) in [4.78, 5) is 2.40. The fourth-order valence-corrected chi connectivity index (χ4v) is 6.52. The van der Waals surface area contributed by atoms with Crippen molar-refractivity contribution in [3.63, 3.8) is 0 Å². The molecule has 3 aromatic carbocycles. The summed E-state index contributed by atoms with van der Waals surface area (Å²) in [6.07, 6.45) is -4.19. The Morgan fingerprint density at radius 3 is 1.81 bits per heavy atom. The van der Waals surface area contributed by atoms with Crippen LogP contribution in [0.4, 0.5) is 30.7 Å². The van der Waals surface area contributed by atoms with E-state index in [1.54, 1.807) is 24.3 Å². The first kappa shape index (κ1) is 33.1. The van der Waals surface area contributed by atoms with Gasteiger partial charge in [0.2, 0.25) is 0 Å². The second kappa shape index (κ2) is 12.3. The molecule has 1 N–H and O–H groups in total. The van der Waals surface area contributed by atoms with Gasteiger partial charge in [0.05, 0.1) is 17.5 Å². The highest BCUT2D eigenvalue weighted by Gasteiger charge is 2.60. The first-order chi connectivity index (χ1) is 20.0. The van der Waals surface area contributed by atoms with Crippen LogP contribution in [0.5, 0.6) is 5.75 Å². The van der Waals surface area contributed by atoms with Crippen molar-refractivity contribution in [1.82, 2.24) is 0 Å². The number of halogens is 7. The molecule has 2 unspecified atom stereocenters. The molecular formula is C28H26F7O6S2+. The molecule has 1 aliphatic rings. The molecule has 1 fully saturated rings. The third-order valence-corrected chi connectivity index (χ3v) is 9.77. The number of hydrogen-bond acceptors (Lipinski definition) is 5. The smallest absolute Gasteiger partial charge is 0.400 e. The minimum absolute atomic E-state index is 0.183. The highest BCUT2D eigenvalue weighted by Crippen LogP contribution is 2.43. The van der Waals surface area contributed by atoms with Gasteiger partial charge in [-0.1, -0.05) is 18.2 Å². The van der Waals surface area contributed by atoms with E-state index in [4.69, 9.17) is 18.8 Å². The zero-order valence-corrected chi connectivity index (χ0v) is 24.0. The van der Waals surface area contributed by atoms with Crippen molar-refractivity contribution in [2.24, 2.45) is 0 Å². The average Bonchev–Trinajstić information content (AvgIpc) is 3.04. The largest absolute Gasteiger partial charge is 0.493 e. The van der Waals surface area contributed by atoms with Gasteiger partial charge in [-0.05, 0) is 67.6 Å². The summed E-state index contributed by atoms with van der Waals surface area (Å²) in [6, 6.07) is 22.0. The maximum absolute atomic E-state index is 13.8. The van der Waals surface area contributed by atoms with Gasteiger partial charge in [0.15, 0.2) is 26.6 Å². The van der Waals surface area contributed by atoms with Crippen LogP contribution in [-0.2, 0) is 36.3 Å². The van der Waals surface area contributed by atoms with Gasteiger partial charge in [0.1, 0.15) is 19.0 Å². The summed E-state index contributed by atoms with van der Waals surface area (Å²) >= 11 is 0. The standard InChI is InChI=1S/C28H25F7O6S2/c1-25(40-17-26(30,31)27(32,33)18-41-25)19-7-11-22(12-8-19)42(21-5-3-2-4-6-21)23-13-9-20(10-14-23)39-16-15-24(29)28(34,35)43(36,37)38/h2-14,24H,15-18H2,1H3/p+1. The van der Waals surface area contributed by atoms with Crippen molar-refractivity contribution in [3.8, 4) is 5.75 Å². The third-order valence-electron chi connectivity index (χ3n) is 6.59. The first-order valence-corrected chi connectivity index (χ1v) is 15.3. The van der Waals surface area contributed by atoms with Crippen LogP contribution in [0.25, 0.3) is 0 Å². The molecule has 15 heteroatoms. The molecule has 43 heavy (non-hydrogen) atoms. The Bertz CT molecular complexity index is 1470. The van der Waals surface area contributed by atoms with Gasteiger partial charge in [-0.15, -0.1) is 0 Å². The molecule has 4 rings (SSSR count). The van der Waals surface area contributed by atoms with Crippen molar-refractivity contribution in [2.75, 3.05) is 19.8 Å². The van der Waals surface area contributed by atoms with Crippen molar-refractivity contribution in [2.45, 2.75) is 57.1 Å². The molecule has 0 amide bonds. The summed E-state index contributed by atoms with van der Waals surface area (Å²) in [5, 5.41) is -4.97. The Morgan fingerprint density at radius 2 is 1.33 bits per heavy atom. The quantitative estimate of drug-likeness (QED) is 0.146. The maximum atomic E-state index is 13.8. The number of rotatable bonds is 10. The van der Waals surface area contributed by atoms with Crippen LogP contribution in [0.3, 0.4) is 0 Å². The molecule has 1 heterocycles. The molecule has 0 radical (unpaired) electrons. The van der Waals surface area contributed by atoms with Crippen molar-refractivity contribution in [1.29, 1.82) is 0 Å². The van der Waals surface area contributed by atoms with Gasteiger partial charge in [0.25, 0.3) is 0 Å². The predicted molar refractivity (Wildman–Crippen MR) is 142 cm³/mol. The molecule has 2 atom stereocenters. The number of benzene rings is 3. The minimum Gasteiger partial charge on any atom is -0.493 e. The lowest BCUT2D eigenvalue weighted by molar-refractivity contribution is -0.233. The molecule has 0 spiro atoms. The molecule has 3 aromatic rings. The van der Waals surface area contributed by atoms with Gasteiger partial charge in [-0.25, -0.2) is 4.39 Å². The van der Waals surface area contributed by atoms with Gasteiger partial charge >= 0.3 is 27.2 Å². The second-order valence-corrected chi connectivity index (χ2v) is 13.2. The summed E-state index contributed by atoms with van der Waals surface area (Å²) in [6.45, 7) is -2.38. The van der Waals surface area contributed by atoms with Gasteiger partial charge in [-0.3, -0.25) is 4.55 Å². The predicted octanol–water partition coefficient (Wildman–Crippen LogP) is 6.86. The number of hydrogen-bond donors (Lipinski definition) is 1. The van der Waals surface area contributed by atoms with Crippen LogP contribution < -0.4 is 4.74 Å². The zero-order valence-electron chi connectivity index (χ0n) is 22.4. The normalized spacial score (nSPS) is 19.7. The molecule has 1 saturated heterocycles. The highest BCUT2D eigenvalue weighted by molar-refractivity contribution is 7.97. The third kappa shape index (κ3) is 7.11. The number of alkyl halides is 7. The molecule has 6 nitrogen and oxygen atoms in total. The monoisotopic (exact) mass is 655 g/mol. The van der Waals surface area contributed by atoms with E-state index in [0.717, 1.165) is 14.7 Å². The lowest BCUT2D eigenvalue weighted by Gasteiger charge is -2.28. The van der Waals surface area contributed by atoms with E-state index >= 15 is 0 Å². The fourth-order valence-electron chi connectivity index (χ4n) is 4.02. The molecular weight excluding hydrogens is 629 g/mol. The molecule has 234 valence electrons. The Labute approximate surface area is 245 Å². The van der Waals surface area contributed by atoms with E-state index in [-0.39, 0.29) is 11.3 Å². The topological polar surface area (TPSA) is 82.1 Å². The summed E-state index contributed by atoms with van der Waals surface area (Å²) in [5.74, 6) is -10.5. The molecule has 0 bridgehead atoms. The Hall–Kier alpha value is -2.85. The maximum Gasteiger partial charge on any atom is 0.400 e. The van der Waals surface area contributed by atoms with Crippen LogP contribution in [0.1, 0.15) is 18.9 Å². The van der Waals surface area contributed by atoms with Gasteiger partial charge in [0, 0.05) is 12.0 Å². The van der Waals surface area contributed by atoms with Crippen LogP contribution in [0, 0.1) is 0 Å². The fraction of sp³-hybridized carbons (Fsp3) is 0.357. The Kier molecular flexibility index (Phi) is 9.43. The Balaban J connectivity index is 1.53. The lowest BCUT2D eigenvalue weighted by Crippen LogP contribution is -2.45. The molecule has 0 aliphatic carbocycles. The van der Waals surface area contributed by atoms with Gasteiger partial charge in [-0.2, -0.15) is 34.8 Å². The summed E-state index contributed by atoms with van der Waals surface area (Å²) < 4.78 is 141. The van der Waals surface area contributed by atoms with Crippen molar-refractivity contribution in [3.05, 3.63) is 84.4 Å². The SMILES string of the molecule is CC1(c2ccc([S+](c3ccccc3)c3ccc(OCCC(F)C(F)(F)S(=O)(=O)O)cc3)cc2)OCC(F)(F)C(F)(F)CO1. The Morgan fingerprint density at radius 1 is 0.860 bits per heavy atom. The van der Waals surface area contributed by atoms with Crippen LogP contribution in [0.15, 0.2) is 93.5 Å². The zero-order chi connectivity index (χ0) is 31.7. The van der Waals surface area contributed by atoms with Crippen molar-refractivity contribution < 1.29 is 57.9 Å². The van der Waals surface area contributed by atoms with Crippen LogP contribution >= 0.6 is 0 Å². The molecule has 1 aliphatic heterocycles. The number of ether oxygens (including phenoxy) is 3. The van der Waals surface area contributed by atoms with Crippen molar-refractivity contribution >= 4 is 21.0 Å². The van der Waals surface area contributed by atoms with E-state index in [1.807, 2.05) is 30.3 Å². The summed E-state index contributed by atoms with van der Waals surface area (Å²) in [7, 11) is -6.67. The van der Waals surface area contributed by atoms with E-state index in [9.17, 15) is 39.2 Å².